The van der Waals surface area contributed by atoms with Crippen molar-refractivity contribution >= 4 is 0 Å². The molecular weight excluding hydrogens is 248 g/mol. The highest BCUT2D eigenvalue weighted by Crippen LogP contribution is 2.24. The van der Waals surface area contributed by atoms with Gasteiger partial charge in [0.2, 0.25) is 0 Å². The Morgan fingerprint density at radius 2 is 2.10 bits per heavy atom. The summed E-state index contributed by atoms with van der Waals surface area (Å²) in [6.07, 6.45) is 0.268. The van der Waals surface area contributed by atoms with Gasteiger partial charge in [-0.1, -0.05) is 23.8 Å². The second-order valence-corrected chi connectivity index (χ2v) is 6.85. The van der Waals surface area contributed by atoms with Gasteiger partial charge in [0.25, 0.3) is 0 Å². The van der Waals surface area contributed by atoms with Gasteiger partial charge in [0.1, 0.15) is 0 Å². The highest BCUT2D eigenvalue weighted by molar-refractivity contribution is 5.33. The van der Waals surface area contributed by atoms with Gasteiger partial charge < -0.3 is 10.5 Å². The second kappa shape index (κ2) is 5.84. The third-order valence-electron chi connectivity index (χ3n) is 3.93. The number of benzene rings is 1. The number of hydrogen-bond donors (Lipinski definition) is 1. The molecule has 0 bridgehead atoms. The Morgan fingerprint density at radius 3 is 2.75 bits per heavy atom. The molecule has 0 aromatic heterocycles. The topological polar surface area (TPSA) is 38.5 Å². The molecular formula is C17H28N2O. The Morgan fingerprint density at radius 1 is 1.40 bits per heavy atom. The van der Waals surface area contributed by atoms with Crippen molar-refractivity contribution in [2.24, 2.45) is 5.73 Å². The molecule has 0 aliphatic carbocycles. The summed E-state index contributed by atoms with van der Waals surface area (Å²) in [5, 5.41) is 0. The van der Waals surface area contributed by atoms with Crippen molar-refractivity contribution in [1.82, 2.24) is 4.90 Å². The molecule has 1 aliphatic heterocycles. The van der Waals surface area contributed by atoms with E-state index < -0.39 is 0 Å². The van der Waals surface area contributed by atoms with Crippen LogP contribution in [0.15, 0.2) is 18.2 Å². The van der Waals surface area contributed by atoms with Gasteiger partial charge in [-0.25, -0.2) is 0 Å². The van der Waals surface area contributed by atoms with Crippen molar-refractivity contribution in [3.8, 4) is 0 Å². The van der Waals surface area contributed by atoms with Crippen LogP contribution in [0.3, 0.4) is 0 Å². The molecule has 1 aromatic carbocycles. The average molecular weight is 276 g/mol. The lowest BCUT2D eigenvalue weighted by atomic mass is 9.98. The molecule has 3 nitrogen and oxygen atoms in total. The molecule has 1 aliphatic rings. The highest BCUT2D eigenvalue weighted by Gasteiger charge is 2.32. The van der Waals surface area contributed by atoms with Gasteiger partial charge >= 0.3 is 0 Å². The molecule has 3 heteroatoms. The van der Waals surface area contributed by atoms with Crippen LogP contribution in [-0.2, 0) is 4.74 Å². The van der Waals surface area contributed by atoms with Gasteiger partial charge in [-0.05, 0) is 45.7 Å². The van der Waals surface area contributed by atoms with Crippen LogP contribution < -0.4 is 5.73 Å². The lowest BCUT2D eigenvalue weighted by Gasteiger charge is -2.42. The normalized spacial score (nSPS) is 24.6. The van der Waals surface area contributed by atoms with Gasteiger partial charge in [-0.2, -0.15) is 0 Å². The zero-order valence-electron chi connectivity index (χ0n) is 13.4. The molecule has 0 amide bonds. The van der Waals surface area contributed by atoms with Crippen LogP contribution in [0.5, 0.6) is 0 Å². The molecule has 1 fully saturated rings. The van der Waals surface area contributed by atoms with Crippen molar-refractivity contribution in [2.75, 3.05) is 19.6 Å². The first kappa shape index (κ1) is 15.5. The molecule has 2 rings (SSSR count). The maximum absolute atomic E-state index is 6.45. The summed E-state index contributed by atoms with van der Waals surface area (Å²) >= 11 is 0. The molecule has 2 N–H and O–H groups in total. The van der Waals surface area contributed by atoms with E-state index in [2.05, 4.69) is 57.7 Å². The van der Waals surface area contributed by atoms with E-state index in [1.54, 1.807) is 0 Å². The fourth-order valence-electron chi connectivity index (χ4n) is 3.26. The lowest BCUT2D eigenvalue weighted by molar-refractivity contribution is -0.129. The van der Waals surface area contributed by atoms with E-state index in [-0.39, 0.29) is 17.7 Å². The van der Waals surface area contributed by atoms with E-state index in [9.17, 15) is 0 Å². The quantitative estimate of drug-likeness (QED) is 0.922. The third kappa shape index (κ3) is 3.81. The molecule has 0 spiro atoms. The monoisotopic (exact) mass is 276 g/mol. The molecule has 20 heavy (non-hydrogen) atoms. The van der Waals surface area contributed by atoms with Crippen molar-refractivity contribution < 1.29 is 4.74 Å². The first-order chi connectivity index (χ1) is 9.27. The summed E-state index contributed by atoms with van der Waals surface area (Å²) in [7, 11) is 0. The molecule has 112 valence electrons. The van der Waals surface area contributed by atoms with Crippen molar-refractivity contribution in [1.29, 1.82) is 0 Å². The van der Waals surface area contributed by atoms with Crippen LogP contribution in [-0.4, -0.2) is 36.2 Å². The van der Waals surface area contributed by atoms with E-state index in [4.69, 9.17) is 10.5 Å². The molecule has 2 atom stereocenters. The summed E-state index contributed by atoms with van der Waals surface area (Å²) in [4.78, 5) is 2.43. The summed E-state index contributed by atoms with van der Waals surface area (Å²) in [6, 6.07) is 6.59. The van der Waals surface area contributed by atoms with Gasteiger partial charge in [-0.3, -0.25) is 4.90 Å². The lowest BCUT2D eigenvalue weighted by Crippen LogP contribution is -2.53. The van der Waals surface area contributed by atoms with Crippen LogP contribution in [0, 0.1) is 13.8 Å². The Kier molecular flexibility index (Phi) is 4.52. The van der Waals surface area contributed by atoms with E-state index in [0.717, 1.165) is 19.6 Å². The third-order valence-corrected chi connectivity index (χ3v) is 3.93. The van der Waals surface area contributed by atoms with Crippen LogP contribution in [0.25, 0.3) is 0 Å². The van der Waals surface area contributed by atoms with Crippen molar-refractivity contribution in [3.63, 3.8) is 0 Å². The maximum Gasteiger partial charge on any atom is 0.0757 e. The van der Waals surface area contributed by atoms with E-state index >= 15 is 0 Å². The SMILES string of the molecule is Cc1ccc(C)c(C(N)CN2CC(C)OC(C)(C)C2)c1. The number of nitrogens with zero attached hydrogens (tertiary/aromatic N) is 1. The minimum Gasteiger partial charge on any atom is -0.370 e. The Balaban J connectivity index is 2.07. The van der Waals surface area contributed by atoms with Gasteiger partial charge in [0.15, 0.2) is 0 Å². The highest BCUT2D eigenvalue weighted by atomic mass is 16.5. The Hall–Kier alpha value is -0.900. The van der Waals surface area contributed by atoms with Crippen LogP contribution in [0.4, 0.5) is 0 Å². The fourth-order valence-corrected chi connectivity index (χ4v) is 3.26. The van der Waals surface area contributed by atoms with Gasteiger partial charge in [0.05, 0.1) is 11.7 Å². The Bertz CT molecular complexity index is 470. The number of nitrogens with two attached hydrogens (primary N) is 1. The second-order valence-electron chi connectivity index (χ2n) is 6.85. The minimum atomic E-state index is -0.0843. The minimum absolute atomic E-state index is 0.0657. The zero-order chi connectivity index (χ0) is 14.9. The summed E-state index contributed by atoms with van der Waals surface area (Å²) < 4.78 is 5.95. The van der Waals surface area contributed by atoms with Crippen LogP contribution in [0.1, 0.15) is 43.5 Å². The van der Waals surface area contributed by atoms with Crippen molar-refractivity contribution in [3.05, 3.63) is 34.9 Å². The van der Waals surface area contributed by atoms with E-state index in [1.165, 1.54) is 16.7 Å². The average Bonchev–Trinajstić information content (AvgIpc) is 2.29. The predicted octanol–water partition coefficient (Wildman–Crippen LogP) is 2.80. The number of ether oxygens (including phenoxy) is 1. The Labute approximate surface area is 123 Å². The first-order valence-corrected chi connectivity index (χ1v) is 7.50. The van der Waals surface area contributed by atoms with Crippen molar-refractivity contribution in [2.45, 2.75) is 52.4 Å². The molecule has 0 saturated carbocycles. The standard InChI is InChI=1S/C17H28N2O/c1-12-6-7-13(2)15(8-12)16(18)10-19-9-14(3)20-17(4,5)11-19/h6-8,14,16H,9-11,18H2,1-5H3. The fraction of sp³-hybridized carbons (Fsp3) is 0.647. The van der Waals surface area contributed by atoms with E-state index in [0.29, 0.717) is 0 Å². The molecule has 1 heterocycles. The van der Waals surface area contributed by atoms with E-state index in [1.807, 2.05) is 0 Å². The largest absolute Gasteiger partial charge is 0.370 e. The molecule has 2 unspecified atom stereocenters. The van der Waals surface area contributed by atoms with Crippen LogP contribution in [0.2, 0.25) is 0 Å². The predicted molar refractivity (Wildman–Crippen MR) is 83.9 cm³/mol. The molecule has 0 radical (unpaired) electrons. The molecule has 1 saturated heterocycles. The number of aryl methyl sites for hydroxylation is 2. The van der Waals surface area contributed by atoms with Crippen LogP contribution >= 0.6 is 0 Å². The smallest absolute Gasteiger partial charge is 0.0757 e. The molecule has 1 aromatic rings. The number of morpholine rings is 1. The number of rotatable bonds is 3. The first-order valence-electron chi connectivity index (χ1n) is 7.50. The summed E-state index contributed by atoms with van der Waals surface area (Å²) in [5.74, 6) is 0. The van der Waals surface area contributed by atoms with Gasteiger partial charge in [0, 0.05) is 25.7 Å². The zero-order valence-corrected chi connectivity index (χ0v) is 13.4. The summed E-state index contributed by atoms with van der Waals surface area (Å²) in [5.41, 5.74) is 10.2. The number of hydrogen-bond acceptors (Lipinski definition) is 3. The van der Waals surface area contributed by atoms with Gasteiger partial charge in [-0.15, -0.1) is 0 Å². The summed E-state index contributed by atoms with van der Waals surface area (Å²) in [6.45, 7) is 13.5. The maximum atomic E-state index is 6.45.